The predicted molar refractivity (Wildman–Crippen MR) is 209 cm³/mol. The molecule has 54 heavy (non-hydrogen) atoms. The minimum Gasteiger partial charge on any atom is -0.393 e. The summed E-state index contributed by atoms with van der Waals surface area (Å²) in [5.74, 6) is -0.711. The van der Waals surface area contributed by atoms with Gasteiger partial charge < -0.3 is 42.5 Å². The zero-order valence-electron chi connectivity index (χ0n) is 31.1. The van der Waals surface area contributed by atoms with Gasteiger partial charge in [-0.2, -0.15) is 5.10 Å². The molecule has 2 aromatic heterocycles. The zero-order valence-corrected chi connectivity index (χ0v) is 31.1. The maximum Gasteiger partial charge on any atom is 0.270 e. The lowest BCUT2D eigenvalue weighted by atomic mass is 9.57. The molecular formula is C38H47B2N11O3. The summed E-state index contributed by atoms with van der Waals surface area (Å²) < 4.78 is 2.03. The van der Waals surface area contributed by atoms with Gasteiger partial charge in [0.2, 0.25) is 5.91 Å². The molecule has 8 N–H and O–H groups in total. The van der Waals surface area contributed by atoms with Crippen LogP contribution in [0.25, 0.3) is 11.1 Å². The summed E-state index contributed by atoms with van der Waals surface area (Å²) in [5.41, 5.74) is 18.2. The number of hydrogen-bond acceptors (Lipinski definition) is 10. The Labute approximate surface area is 318 Å². The smallest absolute Gasteiger partial charge is 0.270 e. The van der Waals surface area contributed by atoms with E-state index in [1.54, 1.807) is 18.2 Å². The second kappa shape index (κ2) is 14.9. The molecule has 278 valence electrons. The van der Waals surface area contributed by atoms with E-state index in [2.05, 4.69) is 31.2 Å². The van der Waals surface area contributed by atoms with Crippen molar-refractivity contribution in [3.8, 4) is 11.1 Å². The van der Waals surface area contributed by atoms with Crippen LogP contribution in [0, 0.1) is 5.92 Å². The van der Waals surface area contributed by atoms with E-state index in [0.717, 1.165) is 61.0 Å². The molecule has 1 saturated heterocycles. The summed E-state index contributed by atoms with van der Waals surface area (Å²) in [5, 5.41) is 15.4. The van der Waals surface area contributed by atoms with Gasteiger partial charge in [0.1, 0.15) is 17.2 Å². The molecule has 0 unspecified atom stereocenters. The fourth-order valence-electron chi connectivity index (χ4n) is 6.73. The van der Waals surface area contributed by atoms with Crippen molar-refractivity contribution in [1.82, 2.24) is 35.6 Å². The number of nitrogens with one attached hydrogen (secondary N) is 4. The SMILES string of the molecule is CC.[B]C([B])(c1cccc(C(=O)NC2CC2)n1)N1CC(n2ncc3c2CN(C)c2c(NC(/C=C(\N)NC(=O)C4CC4)=C(/N)C(=O)NC4CC4)cccc2-3)C1. The Morgan fingerprint density at radius 2 is 1.61 bits per heavy atom. The number of nitrogens with two attached hydrogens (primary N) is 2. The van der Waals surface area contributed by atoms with Crippen molar-refractivity contribution in [3.05, 3.63) is 83.0 Å². The lowest BCUT2D eigenvalue weighted by molar-refractivity contribution is -0.121. The van der Waals surface area contributed by atoms with Gasteiger partial charge in [-0.1, -0.05) is 32.0 Å². The average Bonchev–Trinajstić information content (AvgIpc) is 4.01. The van der Waals surface area contributed by atoms with Crippen molar-refractivity contribution in [2.24, 2.45) is 17.4 Å². The van der Waals surface area contributed by atoms with Gasteiger partial charge in [0, 0.05) is 61.0 Å². The summed E-state index contributed by atoms with van der Waals surface area (Å²) in [7, 11) is 15.3. The molecule has 14 nitrogen and oxygen atoms in total. The summed E-state index contributed by atoms with van der Waals surface area (Å²) >= 11 is 0. The number of benzene rings is 1. The number of fused-ring (bicyclic) bond motifs is 3. The molecule has 3 saturated carbocycles. The van der Waals surface area contributed by atoms with Crippen LogP contribution in [-0.2, 0) is 21.5 Å². The molecule has 2 aliphatic heterocycles. The van der Waals surface area contributed by atoms with Crippen LogP contribution >= 0.6 is 0 Å². The number of amides is 3. The van der Waals surface area contributed by atoms with E-state index in [0.29, 0.717) is 36.7 Å². The minimum absolute atomic E-state index is 0.0195. The Morgan fingerprint density at radius 3 is 2.30 bits per heavy atom. The Bertz CT molecular complexity index is 2010. The molecule has 5 aliphatic rings. The number of carbonyl (C=O) groups is 3. The quantitative estimate of drug-likeness (QED) is 0.0916. The van der Waals surface area contributed by atoms with E-state index >= 15 is 0 Å². The van der Waals surface area contributed by atoms with Crippen molar-refractivity contribution >= 4 is 44.8 Å². The highest BCUT2D eigenvalue weighted by Crippen LogP contribution is 2.45. The van der Waals surface area contributed by atoms with Crippen LogP contribution in [0.1, 0.15) is 80.3 Å². The lowest BCUT2D eigenvalue weighted by Gasteiger charge is -2.50. The van der Waals surface area contributed by atoms with Crippen LogP contribution in [0.15, 0.2) is 65.9 Å². The molecule has 0 atom stereocenters. The first-order chi connectivity index (χ1) is 26.0. The van der Waals surface area contributed by atoms with Gasteiger partial charge in [0.25, 0.3) is 11.8 Å². The number of nitrogens with zero attached hydrogens (tertiary/aromatic N) is 5. The van der Waals surface area contributed by atoms with Crippen molar-refractivity contribution < 1.29 is 14.4 Å². The van der Waals surface area contributed by atoms with E-state index in [1.807, 2.05) is 54.9 Å². The standard InChI is InChI=1S/C36H41B2N11O3.C2H6/c1-47-18-28-24(15-41-49(28)22-16-48(17-22)36(37,38)29-7-3-6-26(45-29)34(51)42-20-10-11-20)23-4-2-5-25(32(23)47)44-27(31(40)35(52)43-21-12-13-21)14-30(39)46-33(50)19-8-9-19;1-2/h2-7,14-15,19-22,44H,8-13,16-18,39-40H2,1H3,(H,42,51)(H,43,52)(H,46,50);1-2H3/b30-14+,31-27+;. The van der Waals surface area contributed by atoms with Gasteiger partial charge in [-0.3, -0.25) is 19.1 Å². The summed E-state index contributed by atoms with van der Waals surface area (Å²) in [6.07, 6.45) is 8.83. The molecule has 3 aliphatic carbocycles. The number of pyridine rings is 1. The molecule has 3 amide bonds. The van der Waals surface area contributed by atoms with Crippen molar-refractivity contribution in [2.75, 3.05) is 30.4 Å². The topological polar surface area (TPSA) is 189 Å². The number of para-hydroxylation sites is 1. The predicted octanol–water partition coefficient (Wildman–Crippen LogP) is 2.00. The summed E-state index contributed by atoms with van der Waals surface area (Å²) in [6.45, 7) is 5.64. The van der Waals surface area contributed by atoms with Crippen LogP contribution in [0.2, 0.25) is 0 Å². The Morgan fingerprint density at radius 1 is 0.926 bits per heavy atom. The minimum atomic E-state index is -1.37. The fraction of sp³-hybridized carbons (Fsp3) is 0.447. The number of carbonyl (C=O) groups excluding carboxylic acids is 3. The van der Waals surface area contributed by atoms with Gasteiger partial charge in [0.15, 0.2) is 0 Å². The molecule has 16 heteroatoms. The van der Waals surface area contributed by atoms with Gasteiger partial charge >= 0.3 is 0 Å². The molecule has 3 aromatic rings. The number of rotatable bonds is 12. The first-order valence-corrected chi connectivity index (χ1v) is 18.8. The molecule has 4 fully saturated rings. The largest absolute Gasteiger partial charge is 0.393 e. The van der Waals surface area contributed by atoms with E-state index in [4.69, 9.17) is 32.3 Å². The highest BCUT2D eigenvalue weighted by atomic mass is 16.2. The maximum atomic E-state index is 13.1. The van der Waals surface area contributed by atoms with Crippen LogP contribution in [0.4, 0.5) is 11.4 Å². The van der Waals surface area contributed by atoms with Gasteiger partial charge in [-0.15, -0.1) is 0 Å². The van der Waals surface area contributed by atoms with Gasteiger partial charge in [-0.05, 0) is 62.1 Å². The van der Waals surface area contributed by atoms with Gasteiger partial charge in [-0.25, -0.2) is 4.98 Å². The number of hydrogen-bond donors (Lipinski definition) is 6. The highest BCUT2D eigenvalue weighted by molar-refractivity contribution is 6.39. The van der Waals surface area contributed by atoms with Crippen LogP contribution in [-0.4, -0.2) is 85.3 Å². The molecule has 8 rings (SSSR count). The Hall–Kier alpha value is -5.24. The Kier molecular flexibility index (Phi) is 10.2. The fourth-order valence-corrected chi connectivity index (χ4v) is 6.73. The normalized spacial score (nSPS) is 18.9. The number of likely N-dealkylation sites (tertiary alicyclic amines) is 1. The third-order valence-corrected chi connectivity index (χ3v) is 10.3. The molecule has 4 radical (unpaired) electrons. The number of aromatic nitrogens is 3. The molecule has 1 aromatic carbocycles. The third-order valence-electron chi connectivity index (χ3n) is 10.3. The maximum absolute atomic E-state index is 13.1. The number of anilines is 2. The van der Waals surface area contributed by atoms with E-state index in [9.17, 15) is 14.4 Å². The second-order valence-electron chi connectivity index (χ2n) is 14.6. The lowest BCUT2D eigenvalue weighted by Crippen LogP contribution is -2.60. The first-order valence-electron chi connectivity index (χ1n) is 18.8. The summed E-state index contributed by atoms with van der Waals surface area (Å²) in [4.78, 5) is 46.7. The van der Waals surface area contributed by atoms with Crippen LogP contribution < -0.4 is 37.6 Å². The molecular weight excluding hydrogens is 680 g/mol. The van der Waals surface area contributed by atoms with E-state index in [1.165, 1.54) is 6.08 Å². The monoisotopic (exact) mass is 727 g/mol. The van der Waals surface area contributed by atoms with Crippen molar-refractivity contribution in [3.63, 3.8) is 0 Å². The average molecular weight is 727 g/mol. The molecule has 0 bridgehead atoms. The Balaban J connectivity index is 0.00000221. The second-order valence-corrected chi connectivity index (χ2v) is 14.6. The van der Waals surface area contributed by atoms with Crippen molar-refractivity contribution in [1.29, 1.82) is 0 Å². The summed E-state index contributed by atoms with van der Waals surface area (Å²) in [6, 6.07) is 11.4. The highest BCUT2D eigenvalue weighted by Gasteiger charge is 2.41. The number of allylic oxidation sites excluding steroid dienone is 1. The first kappa shape index (κ1) is 37.1. The van der Waals surface area contributed by atoms with Crippen molar-refractivity contribution in [2.45, 2.75) is 82.4 Å². The third kappa shape index (κ3) is 7.70. The van der Waals surface area contributed by atoms with E-state index in [-0.39, 0.29) is 53.1 Å². The zero-order chi connectivity index (χ0) is 38.3. The molecule has 4 heterocycles. The van der Waals surface area contributed by atoms with E-state index < -0.39 is 11.2 Å². The molecule has 0 spiro atoms. The van der Waals surface area contributed by atoms with Crippen LogP contribution in [0.5, 0.6) is 0 Å². The van der Waals surface area contributed by atoms with Crippen LogP contribution in [0.3, 0.4) is 0 Å². The van der Waals surface area contributed by atoms with Gasteiger partial charge in [0.05, 0.1) is 57.2 Å².